The zero-order valence-electron chi connectivity index (χ0n) is 9.37. The van der Waals surface area contributed by atoms with Crippen LogP contribution in [0.4, 0.5) is 0 Å². The van der Waals surface area contributed by atoms with Crippen LogP contribution in [0, 0.1) is 0 Å². The van der Waals surface area contributed by atoms with Gasteiger partial charge in [-0.1, -0.05) is 23.7 Å². The van der Waals surface area contributed by atoms with Crippen molar-refractivity contribution in [2.75, 3.05) is 0 Å². The summed E-state index contributed by atoms with van der Waals surface area (Å²) in [5.74, 6) is -0.754. The lowest BCUT2D eigenvalue weighted by atomic mass is 10.1. The number of amides is 2. The second-order valence-electron chi connectivity index (χ2n) is 3.63. The van der Waals surface area contributed by atoms with E-state index in [-0.39, 0.29) is 12.3 Å². The summed E-state index contributed by atoms with van der Waals surface area (Å²) in [6.07, 6.45) is 0.163. The van der Waals surface area contributed by atoms with Crippen molar-refractivity contribution in [2.45, 2.75) is 19.4 Å². The highest BCUT2D eigenvalue weighted by atomic mass is 35.5. The molecule has 0 heterocycles. The molecule has 2 amide bonds. The molecule has 1 aromatic rings. The van der Waals surface area contributed by atoms with Crippen molar-refractivity contribution in [1.29, 1.82) is 0 Å². The van der Waals surface area contributed by atoms with E-state index in [0.717, 1.165) is 5.56 Å². The third-order valence-corrected chi connectivity index (χ3v) is 2.27. The summed E-state index contributed by atoms with van der Waals surface area (Å²) in [6.45, 7) is 1.53. The SMILES string of the molecule is CC(N)C(=O)NNC(=O)Cc1ccc(Cl)cc1. The van der Waals surface area contributed by atoms with E-state index in [9.17, 15) is 9.59 Å². The van der Waals surface area contributed by atoms with Gasteiger partial charge in [-0.15, -0.1) is 0 Å². The first kappa shape index (κ1) is 13.5. The van der Waals surface area contributed by atoms with Crippen LogP contribution in [0.25, 0.3) is 0 Å². The van der Waals surface area contributed by atoms with Crippen LogP contribution in [0.2, 0.25) is 5.02 Å². The van der Waals surface area contributed by atoms with Gasteiger partial charge in [-0.05, 0) is 24.6 Å². The number of hydrogen-bond acceptors (Lipinski definition) is 3. The molecule has 5 nitrogen and oxygen atoms in total. The maximum Gasteiger partial charge on any atom is 0.254 e. The first-order chi connectivity index (χ1) is 7.99. The van der Waals surface area contributed by atoms with E-state index in [4.69, 9.17) is 17.3 Å². The standard InChI is InChI=1S/C11H14ClN3O2/c1-7(13)11(17)15-14-10(16)6-8-2-4-9(12)5-3-8/h2-5,7H,6,13H2,1H3,(H,14,16)(H,15,17). The zero-order valence-corrected chi connectivity index (χ0v) is 10.1. The van der Waals surface area contributed by atoms with Gasteiger partial charge >= 0.3 is 0 Å². The molecule has 0 saturated heterocycles. The largest absolute Gasteiger partial charge is 0.320 e. The van der Waals surface area contributed by atoms with Crippen molar-refractivity contribution in [3.05, 3.63) is 34.9 Å². The minimum atomic E-state index is -0.661. The maximum atomic E-state index is 11.4. The number of hydrogen-bond donors (Lipinski definition) is 3. The number of nitrogens with two attached hydrogens (primary N) is 1. The molecular weight excluding hydrogens is 242 g/mol. The molecule has 4 N–H and O–H groups in total. The summed E-state index contributed by atoms with van der Waals surface area (Å²) >= 11 is 5.71. The highest BCUT2D eigenvalue weighted by Gasteiger charge is 2.08. The number of hydrazine groups is 1. The molecule has 0 aromatic heterocycles. The smallest absolute Gasteiger partial charge is 0.254 e. The zero-order chi connectivity index (χ0) is 12.8. The first-order valence-corrected chi connectivity index (χ1v) is 5.45. The predicted molar refractivity (Wildman–Crippen MR) is 65.1 cm³/mol. The van der Waals surface area contributed by atoms with Gasteiger partial charge in [-0.3, -0.25) is 20.4 Å². The molecular formula is C11H14ClN3O2. The summed E-state index contributed by atoms with van der Waals surface area (Å²) < 4.78 is 0. The topological polar surface area (TPSA) is 84.2 Å². The van der Waals surface area contributed by atoms with E-state index >= 15 is 0 Å². The minimum Gasteiger partial charge on any atom is -0.320 e. The van der Waals surface area contributed by atoms with Crippen LogP contribution in [-0.4, -0.2) is 17.9 Å². The van der Waals surface area contributed by atoms with Gasteiger partial charge in [-0.25, -0.2) is 0 Å². The van der Waals surface area contributed by atoms with E-state index in [0.29, 0.717) is 5.02 Å². The molecule has 1 atom stereocenters. The van der Waals surface area contributed by atoms with E-state index in [1.54, 1.807) is 24.3 Å². The third kappa shape index (κ3) is 4.84. The quantitative estimate of drug-likeness (QED) is 0.683. The average Bonchev–Trinajstić information content (AvgIpc) is 2.29. The number of halogens is 1. The summed E-state index contributed by atoms with van der Waals surface area (Å²) in [5.41, 5.74) is 10.6. The molecule has 0 saturated carbocycles. The normalized spacial score (nSPS) is 11.7. The van der Waals surface area contributed by atoms with Crippen molar-refractivity contribution in [3.8, 4) is 0 Å². The molecule has 0 spiro atoms. The third-order valence-electron chi connectivity index (χ3n) is 2.02. The van der Waals surface area contributed by atoms with Crippen molar-refractivity contribution < 1.29 is 9.59 Å². The lowest BCUT2D eigenvalue weighted by molar-refractivity contribution is -0.129. The summed E-state index contributed by atoms with van der Waals surface area (Å²) in [5, 5.41) is 0.611. The van der Waals surface area contributed by atoms with Gasteiger partial charge in [-0.2, -0.15) is 0 Å². The predicted octanol–water partition coefficient (Wildman–Crippen LogP) is 0.377. The summed E-state index contributed by atoms with van der Waals surface area (Å²) in [6, 6.07) is 6.23. The highest BCUT2D eigenvalue weighted by Crippen LogP contribution is 2.09. The van der Waals surface area contributed by atoms with Crippen molar-refractivity contribution in [3.63, 3.8) is 0 Å². The van der Waals surface area contributed by atoms with Gasteiger partial charge in [0.2, 0.25) is 5.91 Å². The Bertz CT molecular complexity index is 404. The molecule has 0 fully saturated rings. The molecule has 0 aliphatic carbocycles. The Kier molecular flexibility index (Phi) is 4.93. The summed E-state index contributed by atoms with van der Waals surface area (Å²) in [4.78, 5) is 22.5. The molecule has 0 radical (unpaired) electrons. The molecule has 1 aromatic carbocycles. The number of nitrogens with one attached hydrogen (secondary N) is 2. The van der Waals surface area contributed by atoms with Crippen LogP contribution in [0.5, 0.6) is 0 Å². The van der Waals surface area contributed by atoms with Gasteiger partial charge in [0.25, 0.3) is 5.91 Å². The number of carbonyl (C=O) groups is 2. The lowest BCUT2D eigenvalue weighted by Crippen LogP contribution is -2.48. The monoisotopic (exact) mass is 255 g/mol. The Labute approximate surface area is 104 Å². The van der Waals surface area contributed by atoms with Crippen LogP contribution in [0.1, 0.15) is 12.5 Å². The van der Waals surface area contributed by atoms with Gasteiger partial charge in [0.15, 0.2) is 0 Å². The fraction of sp³-hybridized carbons (Fsp3) is 0.273. The lowest BCUT2D eigenvalue weighted by Gasteiger charge is -2.09. The fourth-order valence-electron chi connectivity index (χ4n) is 1.08. The van der Waals surface area contributed by atoms with Gasteiger partial charge in [0, 0.05) is 5.02 Å². The van der Waals surface area contributed by atoms with Crippen LogP contribution in [-0.2, 0) is 16.0 Å². The molecule has 0 bridgehead atoms. The van der Waals surface area contributed by atoms with E-state index in [1.807, 2.05) is 0 Å². The molecule has 6 heteroatoms. The second kappa shape index (κ2) is 6.22. The number of carbonyl (C=O) groups excluding carboxylic acids is 2. The second-order valence-corrected chi connectivity index (χ2v) is 4.07. The van der Waals surface area contributed by atoms with Gasteiger partial charge < -0.3 is 5.73 Å². The molecule has 1 rings (SSSR count). The molecule has 1 unspecified atom stereocenters. The Balaban J connectivity index is 2.40. The van der Waals surface area contributed by atoms with E-state index in [1.165, 1.54) is 6.92 Å². The van der Waals surface area contributed by atoms with Crippen molar-refractivity contribution in [1.82, 2.24) is 10.9 Å². The Morgan fingerprint density at radius 2 is 1.88 bits per heavy atom. The average molecular weight is 256 g/mol. The van der Waals surface area contributed by atoms with E-state index < -0.39 is 11.9 Å². The molecule has 0 aliphatic heterocycles. The molecule has 92 valence electrons. The van der Waals surface area contributed by atoms with Crippen LogP contribution >= 0.6 is 11.6 Å². The summed E-state index contributed by atoms with van der Waals surface area (Å²) in [7, 11) is 0. The van der Waals surface area contributed by atoms with Crippen LogP contribution in [0.3, 0.4) is 0 Å². The Hall–Kier alpha value is -1.59. The number of benzene rings is 1. The minimum absolute atomic E-state index is 0.163. The molecule has 0 aliphatic rings. The number of rotatable bonds is 3. The molecule has 17 heavy (non-hydrogen) atoms. The first-order valence-electron chi connectivity index (χ1n) is 5.08. The van der Waals surface area contributed by atoms with Crippen LogP contribution in [0.15, 0.2) is 24.3 Å². The Morgan fingerprint density at radius 3 is 2.41 bits per heavy atom. The fourth-order valence-corrected chi connectivity index (χ4v) is 1.20. The van der Waals surface area contributed by atoms with Crippen LogP contribution < -0.4 is 16.6 Å². The maximum absolute atomic E-state index is 11.4. The highest BCUT2D eigenvalue weighted by molar-refractivity contribution is 6.30. The van der Waals surface area contributed by atoms with Crippen molar-refractivity contribution >= 4 is 23.4 Å². The van der Waals surface area contributed by atoms with E-state index in [2.05, 4.69) is 10.9 Å². The van der Waals surface area contributed by atoms with Crippen molar-refractivity contribution in [2.24, 2.45) is 5.73 Å². The Morgan fingerprint density at radius 1 is 1.29 bits per heavy atom. The van der Waals surface area contributed by atoms with Gasteiger partial charge in [0.1, 0.15) is 0 Å². The van der Waals surface area contributed by atoms with Gasteiger partial charge in [0.05, 0.1) is 12.5 Å².